The van der Waals surface area contributed by atoms with Gasteiger partial charge >= 0.3 is 0 Å². The summed E-state index contributed by atoms with van der Waals surface area (Å²) in [5.41, 5.74) is 0. The molecule has 0 amide bonds. The Morgan fingerprint density at radius 1 is 1.20 bits per heavy atom. The van der Waals surface area contributed by atoms with E-state index in [0.29, 0.717) is 12.1 Å². The van der Waals surface area contributed by atoms with Crippen molar-refractivity contribution in [2.24, 2.45) is 5.92 Å². The summed E-state index contributed by atoms with van der Waals surface area (Å²) in [5.74, 6) is 0.882. The molecule has 0 bridgehead atoms. The molecule has 2 nitrogen and oxygen atoms in total. The number of nitrogens with one attached hydrogen (secondary N) is 1. The molecule has 2 saturated carbocycles. The molecule has 112 valence electrons. The standard InChI is InChI=1S/C17H27NOS/c1-2-6-15(7-3-1)19-12-5-11-18-17(14-9-10-14)16-8-4-13-20-16/h4,8,13-15,17-18H,1-3,5-7,9-12H2. The molecule has 1 heterocycles. The molecule has 20 heavy (non-hydrogen) atoms. The van der Waals surface area contributed by atoms with Crippen LogP contribution in [-0.4, -0.2) is 19.3 Å². The fourth-order valence-electron chi connectivity index (χ4n) is 3.21. The maximum absolute atomic E-state index is 5.99. The first-order valence-corrected chi connectivity index (χ1v) is 9.20. The molecule has 2 aliphatic rings. The van der Waals surface area contributed by atoms with Crippen LogP contribution < -0.4 is 5.32 Å². The third kappa shape index (κ3) is 4.31. The van der Waals surface area contributed by atoms with Gasteiger partial charge in [-0.3, -0.25) is 0 Å². The summed E-state index contributed by atoms with van der Waals surface area (Å²) in [5, 5.41) is 5.95. The molecule has 2 fully saturated rings. The first-order valence-electron chi connectivity index (χ1n) is 8.32. The van der Waals surface area contributed by atoms with Crippen LogP contribution in [0.3, 0.4) is 0 Å². The minimum absolute atomic E-state index is 0.556. The molecular weight excluding hydrogens is 266 g/mol. The van der Waals surface area contributed by atoms with Crippen LogP contribution >= 0.6 is 11.3 Å². The number of rotatable bonds is 8. The van der Waals surface area contributed by atoms with Crippen molar-refractivity contribution in [3.63, 3.8) is 0 Å². The van der Waals surface area contributed by atoms with E-state index >= 15 is 0 Å². The van der Waals surface area contributed by atoms with Crippen LogP contribution in [-0.2, 0) is 4.74 Å². The Bertz CT molecular complexity index is 368. The van der Waals surface area contributed by atoms with Crippen LogP contribution in [0.15, 0.2) is 17.5 Å². The molecule has 1 aromatic heterocycles. The molecule has 2 aliphatic carbocycles. The molecule has 3 rings (SSSR count). The lowest BCUT2D eigenvalue weighted by Crippen LogP contribution is -2.25. The van der Waals surface area contributed by atoms with Crippen molar-refractivity contribution >= 4 is 11.3 Å². The number of hydrogen-bond donors (Lipinski definition) is 1. The Labute approximate surface area is 126 Å². The van der Waals surface area contributed by atoms with Crippen molar-refractivity contribution < 1.29 is 4.74 Å². The van der Waals surface area contributed by atoms with Gasteiger partial charge in [0.25, 0.3) is 0 Å². The van der Waals surface area contributed by atoms with E-state index in [4.69, 9.17) is 4.74 Å². The zero-order chi connectivity index (χ0) is 13.6. The Hall–Kier alpha value is -0.380. The van der Waals surface area contributed by atoms with Gasteiger partial charge in [0, 0.05) is 17.5 Å². The first kappa shape index (κ1) is 14.6. The molecule has 0 radical (unpaired) electrons. The van der Waals surface area contributed by atoms with Gasteiger partial charge in [0.1, 0.15) is 0 Å². The molecule has 0 aliphatic heterocycles. The van der Waals surface area contributed by atoms with Crippen molar-refractivity contribution in [3.8, 4) is 0 Å². The Morgan fingerprint density at radius 3 is 2.75 bits per heavy atom. The van der Waals surface area contributed by atoms with Gasteiger partial charge in [-0.1, -0.05) is 25.3 Å². The average molecular weight is 293 g/mol. The predicted octanol–water partition coefficient (Wildman–Crippen LogP) is 4.53. The van der Waals surface area contributed by atoms with Gasteiger partial charge in [-0.15, -0.1) is 11.3 Å². The van der Waals surface area contributed by atoms with Crippen LogP contribution in [0.4, 0.5) is 0 Å². The lowest BCUT2D eigenvalue weighted by Gasteiger charge is -2.22. The zero-order valence-electron chi connectivity index (χ0n) is 12.4. The second kappa shape index (κ2) is 7.58. The van der Waals surface area contributed by atoms with Crippen LogP contribution in [0.1, 0.15) is 62.3 Å². The van der Waals surface area contributed by atoms with Gasteiger partial charge in [0.2, 0.25) is 0 Å². The summed E-state index contributed by atoms with van der Waals surface area (Å²) >= 11 is 1.89. The average Bonchev–Trinajstić information content (AvgIpc) is 3.18. The second-order valence-corrected chi connectivity index (χ2v) is 7.25. The van der Waals surface area contributed by atoms with Gasteiger partial charge in [-0.05, 0) is 56.0 Å². The van der Waals surface area contributed by atoms with E-state index in [-0.39, 0.29) is 0 Å². The molecule has 1 N–H and O–H groups in total. The Kier molecular flexibility index (Phi) is 5.51. The molecule has 0 aromatic carbocycles. The van der Waals surface area contributed by atoms with Gasteiger partial charge < -0.3 is 10.1 Å². The highest BCUT2D eigenvalue weighted by Crippen LogP contribution is 2.42. The van der Waals surface area contributed by atoms with Crippen molar-refractivity contribution in [1.29, 1.82) is 0 Å². The van der Waals surface area contributed by atoms with Crippen LogP contribution in [0, 0.1) is 5.92 Å². The molecule has 1 unspecified atom stereocenters. The van der Waals surface area contributed by atoms with E-state index in [9.17, 15) is 0 Å². The van der Waals surface area contributed by atoms with Crippen molar-refractivity contribution in [2.75, 3.05) is 13.2 Å². The third-order valence-corrected chi connectivity index (χ3v) is 5.49. The normalized spacial score (nSPS) is 22.0. The topological polar surface area (TPSA) is 21.3 Å². The monoisotopic (exact) mass is 293 g/mol. The zero-order valence-corrected chi connectivity index (χ0v) is 13.2. The molecular formula is C17H27NOS. The van der Waals surface area contributed by atoms with E-state index in [1.54, 1.807) is 0 Å². The third-order valence-electron chi connectivity index (χ3n) is 4.53. The number of thiophene rings is 1. The van der Waals surface area contributed by atoms with Gasteiger partial charge in [-0.2, -0.15) is 0 Å². The molecule has 1 aromatic rings. The Balaban J connectivity index is 1.32. The summed E-state index contributed by atoms with van der Waals surface area (Å²) in [6.45, 7) is 2.02. The Morgan fingerprint density at radius 2 is 2.05 bits per heavy atom. The summed E-state index contributed by atoms with van der Waals surface area (Å²) in [7, 11) is 0. The van der Waals surface area contributed by atoms with E-state index in [1.165, 1.54) is 49.8 Å². The van der Waals surface area contributed by atoms with E-state index < -0.39 is 0 Å². The first-order chi connectivity index (χ1) is 9.93. The van der Waals surface area contributed by atoms with Gasteiger partial charge in [-0.25, -0.2) is 0 Å². The largest absolute Gasteiger partial charge is 0.378 e. The van der Waals surface area contributed by atoms with Crippen molar-refractivity contribution in [1.82, 2.24) is 5.32 Å². The highest BCUT2D eigenvalue weighted by Gasteiger charge is 2.32. The highest BCUT2D eigenvalue weighted by molar-refractivity contribution is 7.10. The minimum Gasteiger partial charge on any atom is -0.378 e. The highest BCUT2D eigenvalue weighted by atomic mass is 32.1. The predicted molar refractivity (Wildman–Crippen MR) is 85.2 cm³/mol. The summed E-state index contributed by atoms with van der Waals surface area (Å²) in [4.78, 5) is 1.51. The fraction of sp³-hybridized carbons (Fsp3) is 0.765. The lowest BCUT2D eigenvalue weighted by molar-refractivity contribution is 0.0270. The summed E-state index contributed by atoms with van der Waals surface area (Å²) < 4.78 is 5.99. The van der Waals surface area contributed by atoms with Crippen molar-refractivity contribution in [2.45, 2.75) is 63.5 Å². The minimum atomic E-state index is 0.556. The van der Waals surface area contributed by atoms with Crippen molar-refractivity contribution in [3.05, 3.63) is 22.4 Å². The van der Waals surface area contributed by atoms with Crippen LogP contribution in [0.2, 0.25) is 0 Å². The quantitative estimate of drug-likeness (QED) is 0.711. The van der Waals surface area contributed by atoms with E-state index in [1.807, 2.05) is 11.3 Å². The molecule has 0 spiro atoms. The smallest absolute Gasteiger partial charge is 0.0575 e. The van der Waals surface area contributed by atoms with E-state index in [0.717, 1.165) is 25.5 Å². The number of ether oxygens (including phenoxy) is 1. The maximum atomic E-state index is 5.99. The number of hydrogen-bond acceptors (Lipinski definition) is 3. The molecule has 3 heteroatoms. The van der Waals surface area contributed by atoms with Gasteiger partial charge in [0.05, 0.1) is 6.10 Å². The summed E-state index contributed by atoms with van der Waals surface area (Å²) in [6.07, 6.45) is 11.2. The van der Waals surface area contributed by atoms with E-state index in [2.05, 4.69) is 22.8 Å². The van der Waals surface area contributed by atoms with Crippen LogP contribution in [0.25, 0.3) is 0 Å². The van der Waals surface area contributed by atoms with Gasteiger partial charge in [0.15, 0.2) is 0 Å². The second-order valence-electron chi connectivity index (χ2n) is 6.27. The molecule has 0 saturated heterocycles. The summed E-state index contributed by atoms with van der Waals surface area (Å²) in [6, 6.07) is 5.05. The lowest BCUT2D eigenvalue weighted by atomic mass is 9.98. The SMILES string of the molecule is c1csc(C(NCCCOC2CCCCC2)C2CC2)c1. The van der Waals surface area contributed by atoms with Crippen LogP contribution in [0.5, 0.6) is 0 Å². The maximum Gasteiger partial charge on any atom is 0.0575 e. The fourth-order valence-corrected chi connectivity index (χ4v) is 4.10. The molecule has 1 atom stereocenters.